The molecule has 0 heterocycles. The SMILES string of the molecule is NCCc1ccc(Cl)cc1Sc1cc(F)ccc1F. The Balaban J connectivity index is 2.36. The smallest absolute Gasteiger partial charge is 0.137 e. The zero-order chi connectivity index (χ0) is 13.8. The third kappa shape index (κ3) is 3.69. The molecule has 19 heavy (non-hydrogen) atoms. The van der Waals surface area contributed by atoms with Crippen molar-refractivity contribution in [3.05, 3.63) is 58.6 Å². The normalized spacial score (nSPS) is 10.7. The standard InChI is InChI=1S/C14H12ClF2NS/c15-10-2-1-9(5-6-18)13(7-10)19-14-8-11(16)3-4-12(14)17/h1-4,7-8H,5-6,18H2. The summed E-state index contributed by atoms with van der Waals surface area (Å²) in [7, 11) is 0. The molecule has 0 aliphatic heterocycles. The Bertz CT molecular complexity index is 590. The van der Waals surface area contributed by atoms with Crippen molar-refractivity contribution in [3.63, 3.8) is 0 Å². The summed E-state index contributed by atoms with van der Waals surface area (Å²) in [6.45, 7) is 0.487. The van der Waals surface area contributed by atoms with Crippen LogP contribution in [0.25, 0.3) is 0 Å². The van der Waals surface area contributed by atoms with Gasteiger partial charge in [-0.3, -0.25) is 0 Å². The number of rotatable bonds is 4. The molecule has 2 rings (SSSR count). The Morgan fingerprint density at radius 2 is 1.84 bits per heavy atom. The first-order valence-electron chi connectivity index (χ1n) is 5.71. The highest BCUT2D eigenvalue weighted by Crippen LogP contribution is 2.34. The van der Waals surface area contributed by atoms with E-state index in [0.29, 0.717) is 18.0 Å². The summed E-state index contributed by atoms with van der Waals surface area (Å²) >= 11 is 7.10. The highest BCUT2D eigenvalue weighted by Gasteiger charge is 2.10. The van der Waals surface area contributed by atoms with E-state index >= 15 is 0 Å². The first-order chi connectivity index (χ1) is 9.10. The largest absolute Gasteiger partial charge is 0.330 e. The van der Waals surface area contributed by atoms with E-state index in [-0.39, 0.29) is 4.90 Å². The first-order valence-corrected chi connectivity index (χ1v) is 6.91. The molecule has 0 aromatic heterocycles. The summed E-state index contributed by atoms with van der Waals surface area (Å²) in [5, 5.41) is 0.556. The van der Waals surface area contributed by atoms with Crippen molar-refractivity contribution in [2.45, 2.75) is 16.2 Å². The third-order valence-electron chi connectivity index (χ3n) is 2.56. The number of hydrogen-bond donors (Lipinski definition) is 1. The van der Waals surface area contributed by atoms with Gasteiger partial charge in [0.25, 0.3) is 0 Å². The van der Waals surface area contributed by atoms with Gasteiger partial charge >= 0.3 is 0 Å². The van der Waals surface area contributed by atoms with E-state index in [1.807, 2.05) is 6.07 Å². The molecular weight excluding hydrogens is 288 g/mol. The summed E-state index contributed by atoms with van der Waals surface area (Å²) in [6.07, 6.45) is 0.663. The van der Waals surface area contributed by atoms with Gasteiger partial charge in [-0.25, -0.2) is 8.78 Å². The zero-order valence-corrected chi connectivity index (χ0v) is 11.6. The van der Waals surface area contributed by atoms with Crippen LogP contribution >= 0.6 is 23.4 Å². The van der Waals surface area contributed by atoms with Crippen LogP contribution in [0.1, 0.15) is 5.56 Å². The summed E-state index contributed by atoms with van der Waals surface area (Å²) in [6, 6.07) is 8.74. The minimum Gasteiger partial charge on any atom is -0.330 e. The molecule has 0 radical (unpaired) electrons. The molecule has 2 aromatic rings. The lowest BCUT2D eigenvalue weighted by Gasteiger charge is -2.09. The van der Waals surface area contributed by atoms with Gasteiger partial charge in [0, 0.05) is 9.92 Å². The molecule has 0 bridgehead atoms. The van der Waals surface area contributed by atoms with Gasteiger partial charge in [-0.05, 0) is 48.9 Å². The average molecular weight is 300 g/mol. The van der Waals surface area contributed by atoms with E-state index in [9.17, 15) is 8.78 Å². The topological polar surface area (TPSA) is 26.0 Å². The zero-order valence-electron chi connectivity index (χ0n) is 10.00. The quantitative estimate of drug-likeness (QED) is 0.912. The van der Waals surface area contributed by atoms with E-state index < -0.39 is 11.6 Å². The van der Waals surface area contributed by atoms with E-state index in [2.05, 4.69) is 0 Å². The molecular formula is C14H12ClF2NS. The number of nitrogens with two attached hydrogens (primary N) is 1. The number of halogens is 3. The van der Waals surface area contributed by atoms with Gasteiger partial charge in [-0.1, -0.05) is 29.4 Å². The number of benzene rings is 2. The van der Waals surface area contributed by atoms with Crippen LogP contribution in [-0.4, -0.2) is 6.54 Å². The molecule has 0 saturated heterocycles. The molecule has 5 heteroatoms. The Labute approximate surface area is 119 Å². The second kappa shape index (κ2) is 6.37. The lowest BCUT2D eigenvalue weighted by molar-refractivity contribution is 0.577. The molecule has 0 unspecified atom stereocenters. The van der Waals surface area contributed by atoms with Gasteiger partial charge in [-0.15, -0.1) is 0 Å². The lowest BCUT2D eigenvalue weighted by atomic mass is 10.1. The van der Waals surface area contributed by atoms with Crippen LogP contribution in [0.2, 0.25) is 5.02 Å². The minimum absolute atomic E-state index is 0.237. The predicted molar refractivity (Wildman–Crippen MR) is 74.7 cm³/mol. The summed E-state index contributed by atoms with van der Waals surface area (Å²) in [5.74, 6) is -0.920. The maximum Gasteiger partial charge on any atom is 0.137 e. The molecule has 100 valence electrons. The van der Waals surface area contributed by atoms with Gasteiger partial charge in [0.15, 0.2) is 0 Å². The molecule has 0 aliphatic rings. The predicted octanol–water partition coefficient (Wildman–Crippen LogP) is 4.27. The molecule has 0 aliphatic carbocycles. The first kappa shape index (κ1) is 14.3. The van der Waals surface area contributed by atoms with Crippen molar-refractivity contribution >= 4 is 23.4 Å². The Kier molecular flexibility index (Phi) is 4.80. The van der Waals surface area contributed by atoms with Crippen LogP contribution in [0.3, 0.4) is 0 Å². The van der Waals surface area contributed by atoms with E-state index in [1.165, 1.54) is 6.07 Å². The Morgan fingerprint density at radius 3 is 2.58 bits per heavy atom. The van der Waals surface area contributed by atoms with Crippen molar-refractivity contribution in [2.24, 2.45) is 5.73 Å². The van der Waals surface area contributed by atoms with Gasteiger partial charge in [-0.2, -0.15) is 0 Å². The maximum absolute atomic E-state index is 13.6. The molecule has 2 N–H and O–H groups in total. The molecule has 0 atom stereocenters. The lowest BCUT2D eigenvalue weighted by Crippen LogP contribution is -2.03. The Hall–Kier alpha value is -1.10. The van der Waals surface area contributed by atoms with E-state index in [0.717, 1.165) is 34.4 Å². The molecule has 0 fully saturated rings. The fourth-order valence-corrected chi connectivity index (χ4v) is 2.96. The van der Waals surface area contributed by atoms with E-state index in [4.69, 9.17) is 17.3 Å². The van der Waals surface area contributed by atoms with Crippen LogP contribution in [0.15, 0.2) is 46.2 Å². The van der Waals surface area contributed by atoms with Gasteiger partial charge in [0.05, 0.1) is 4.90 Å². The molecule has 1 nitrogen and oxygen atoms in total. The van der Waals surface area contributed by atoms with Gasteiger partial charge in [0.1, 0.15) is 11.6 Å². The van der Waals surface area contributed by atoms with Crippen molar-refractivity contribution in [1.82, 2.24) is 0 Å². The van der Waals surface area contributed by atoms with Crippen molar-refractivity contribution in [2.75, 3.05) is 6.54 Å². The van der Waals surface area contributed by atoms with Gasteiger partial charge < -0.3 is 5.73 Å². The average Bonchev–Trinajstić information content (AvgIpc) is 2.37. The molecule has 0 saturated carbocycles. The highest BCUT2D eigenvalue weighted by molar-refractivity contribution is 7.99. The van der Waals surface area contributed by atoms with Crippen molar-refractivity contribution in [1.29, 1.82) is 0 Å². The molecule has 2 aromatic carbocycles. The van der Waals surface area contributed by atoms with Crippen LogP contribution in [0.5, 0.6) is 0 Å². The fourth-order valence-electron chi connectivity index (χ4n) is 1.66. The van der Waals surface area contributed by atoms with Gasteiger partial charge in [0.2, 0.25) is 0 Å². The highest BCUT2D eigenvalue weighted by atomic mass is 35.5. The summed E-state index contributed by atoms with van der Waals surface area (Å²) < 4.78 is 26.8. The third-order valence-corrected chi connectivity index (χ3v) is 3.92. The van der Waals surface area contributed by atoms with Crippen molar-refractivity contribution < 1.29 is 8.78 Å². The van der Waals surface area contributed by atoms with Crippen LogP contribution in [0, 0.1) is 11.6 Å². The molecule has 0 spiro atoms. The second-order valence-electron chi connectivity index (χ2n) is 3.97. The maximum atomic E-state index is 13.6. The second-order valence-corrected chi connectivity index (χ2v) is 5.49. The minimum atomic E-state index is -0.466. The Morgan fingerprint density at radius 1 is 1.05 bits per heavy atom. The number of hydrogen-bond acceptors (Lipinski definition) is 2. The van der Waals surface area contributed by atoms with Crippen LogP contribution in [-0.2, 0) is 6.42 Å². The fraction of sp³-hybridized carbons (Fsp3) is 0.143. The summed E-state index contributed by atoms with van der Waals surface area (Å²) in [5.41, 5.74) is 6.51. The van der Waals surface area contributed by atoms with Crippen LogP contribution in [0.4, 0.5) is 8.78 Å². The summed E-state index contributed by atoms with van der Waals surface area (Å²) in [4.78, 5) is 1.03. The van der Waals surface area contributed by atoms with E-state index in [1.54, 1.807) is 12.1 Å². The monoisotopic (exact) mass is 299 g/mol. The van der Waals surface area contributed by atoms with Crippen molar-refractivity contribution in [3.8, 4) is 0 Å². The van der Waals surface area contributed by atoms with Crippen LogP contribution < -0.4 is 5.73 Å². The molecule has 0 amide bonds.